The van der Waals surface area contributed by atoms with Gasteiger partial charge in [0, 0.05) is 6.54 Å². The van der Waals surface area contributed by atoms with Gasteiger partial charge in [0.25, 0.3) is 0 Å². The molecule has 3 heteroatoms. The summed E-state index contributed by atoms with van der Waals surface area (Å²) in [5, 5.41) is 3.01. The molecule has 13 heavy (non-hydrogen) atoms. The fourth-order valence-corrected chi connectivity index (χ4v) is 0.907. The zero-order chi connectivity index (χ0) is 9.52. The first kappa shape index (κ1) is 9.56. The Morgan fingerprint density at radius 3 is 3.00 bits per heavy atom. The molecule has 3 nitrogen and oxygen atoms in total. The molecule has 0 aliphatic heterocycles. The van der Waals surface area contributed by atoms with Crippen molar-refractivity contribution in [3.63, 3.8) is 0 Å². The third-order valence-corrected chi connectivity index (χ3v) is 1.48. The van der Waals surface area contributed by atoms with Gasteiger partial charge >= 0.3 is 0 Å². The van der Waals surface area contributed by atoms with Crippen LogP contribution in [0.2, 0.25) is 0 Å². The average molecular weight is 176 g/mol. The van der Waals surface area contributed by atoms with Crippen LogP contribution in [-0.2, 0) is 6.54 Å². The van der Waals surface area contributed by atoms with Gasteiger partial charge in [0.05, 0.1) is 11.9 Å². The number of hydrogen-bond donors (Lipinski definition) is 1. The first-order valence-corrected chi connectivity index (χ1v) is 4.02. The molecule has 0 fully saturated rings. The van der Waals surface area contributed by atoms with Crippen molar-refractivity contribution in [1.82, 2.24) is 10.3 Å². The van der Waals surface area contributed by atoms with E-state index >= 15 is 0 Å². The summed E-state index contributed by atoms with van der Waals surface area (Å²) < 4.78 is 5.17. The monoisotopic (exact) mass is 176 g/mol. The number of aromatic nitrogens is 1. The lowest BCUT2D eigenvalue weighted by Crippen LogP contribution is -2.06. The van der Waals surface area contributed by atoms with Crippen molar-refractivity contribution in [2.75, 3.05) is 13.7 Å². The van der Waals surface area contributed by atoms with E-state index in [1.54, 1.807) is 6.20 Å². The maximum absolute atomic E-state index is 5.17. The van der Waals surface area contributed by atoms with Crippen LogP contribution < -0.4 is 10.1 Å². The molecule has 1 aromatic heterocycles. The van der Waals surface area contributed by atoms with Gasteiger partial charge in [0.15, 0.2) is 0 Å². The summed E-state index contributed by atoms with van der Waals surface area (Å²) in [6.45, 7) is 1.04. The minimum absolute atomic E-state index is 0.285. The van der Waals surface area contributed by atoms with Crippen molar-refractivity contribution in [2.45, 2.75) is 6.54 Å². The molecule has 1 heterocycles. The summed E-state index contributed by atoms with van der Waals surface area (Å²) in [4.78, 5) is 4.17. The van der Waals surface area contributed by atoms with E-state index in [1.165, 1.54) is 0 Å². The molecule has 1 aromatic rings. The van der Waals surface area contributed by atoms with E-state index < -0.39 is 0 Å². The molecule has 0 aromatic carbocycles. The third-order valence-electron chi connectivity index (χ3n) is 1.48. The number of pyridine rings is 1. The summed E-state index contributed by atoms with van der Waals surface area (Å²) in [6.07, 6.45) is 6.72. The molecule has 0 atom stereocenters. The Kier molecular flexibility index (Phi) is 3.80. The zero-order valence-electron chi connectivity index (χ0n) is 7.58. The first-order valence-electron chi connectivity index (χ1n) is 4.02. The fourth-order valence-electron chi connectivity index (χ4n) is 0.907. The van der Waals surface area contributed by atoms with Crippen molar-refractivity contribution in [1.29, 1.82) is 0 Å². The average Bonchev–Trinajstić information content (AvgIpc) is 2.17. The zero-order valence-corrected chi connectivity index (χ0v) is 7.58. The lowest BCUT2D eigenvalue weighted by atomic mass is 10.3. The molecule has 0 aliphatic rings. The second-order valence-electron chi connectivity index (χ2n) is 2.51. The van der Waals surface area contributed by atoms with Gasteiger partial charge in [-0.1, -0.05) is 5.92 Å². The number of rotatable bonds is 4. The van der Waals surface area contributed by atoms with E-state index in [0.717, 1.165) is 12.2 Å². The molecule has 1 rings (SSSR count). The quantitative estimate of drug-likeness (QED) is 0.689. The molecule has 1 N–H and O–H groups in total. The Labute approximate surface area is 78.1 Å². The van der Waals surface area contributed by atoms with Gasteiger partial charge in [0.1, 0.15) is 12.4 Å². The van der Waals surface area contributed by atoms with Crippen LogP contribution in [0.4, 0.5) is 0 Å². The van der Waals surface area contributed by atoms with E-state index in [-0.39, 0.29) is 6.61 Å². The van der Waals surface area contributed by atoms with Gasteiger partial charge in [0.2, 0.25) is 0 Å². The molecule has 0 bridgehead atoms. The Hall–Kier alpha value is -1.53. The summed E-state index contributed by atoms with van der Waals surface area (Å²) in [7, 11) is 1.88. The van der Waals surface area contributed by atoms with Crippen molar-refractivity contribution in [2.24, 2.45) is 0 Å². The van der Waals surface area contributed by atoms with Gasteiger partial charge in [-0.25, -0.2) is 0 Å². The van der Waals surface area contributed by atoms with Crippen LogP contribution in [0.3, 0.4) is 0 Å². The summed E-state index contributed by atoms with van der Waals surface area (Å²) in [5.74, 6) is 3.10. The third kappa shape index (κ3) is 3.14. The standard InChI is InChI=1S/C10H12N2O/c1-3-6-13-10-5-4-9(7-11-2)12-8-10/h1,4-5,8,11H,6-7H2,2H3. The minimum atomic E-state index is 0.285. The highest BCUT2D eigenvalue weighted by atomic mass is 16.5. The van der Waals surface area contributed by atoms with Gasteiger partial charge in [-0.2, -0.15) is 0 Å². The predicted octanol–water partition coefficient (Wildman–Crippen LogP) is 0.813. The molecule has 0 unspecified atom stereocenters. The molecule has 68 valence electrons. The fraction of sp³-hybridized carbons (Fsp3) is 0.300. The Bertz CT molecular complexity index is 287. The summed E-state index contributed by atoms with van der Waals surface area (Å²) >= 11 is 0. The number of ether oxygens (including phenoxy) is 1. The van der Waals surface area contributed by atoms with Gasteiger partial charge in [-0.3, -0.25) is 4.98 Å². The Morgan fingerprint density at radius 2 is 2.46 bits per heavy atom. The smallest absolute Gasteiger partial charge is 0.148 e. The van der Waals surface area contributed by atoms with Gasteiger partial charge < -0.3 is 10.1 Å². The Balaban J connectivity index is 2.54. The van der Waals surface area contributed by atoms with E-state index in [9.17, 15) is 0 Å². The summed E-state index contributed by atoms with van der Waals surface area (Å²) in [5.41, 5.74) is 0.982. The number of hydrogen-bond acceptors (Lipinski definition) is 3. The van der Waals surface area contributed by atoms with Gasteiger partial charge in [-0.15, -0.1) is 6.42 Å². The number of nitrogens with zero attached hydrogens (tertiary/aromatic N) is 1. The lowest BCUT2D eigenvalue weighted by Gasteiger charge is -2.02. The van der Waals surface area contributed by atoms with Crippen molar-refractivity contribution < 1.29 is 4.74 Å². The second-order valence-corrected chi connectivity index (χ2v) is 2.51. The molecule has 0 saturated carbocycles. The topological polar surface area (TPSA) is 34.1 Å². The van der Waals surface area contributed by atoms with Crippen molar-refractivity contribution in [3.05, 3.63) is 24.0 Å². The minimum Gasteiger partial charge on any atom is -0.479 e. The maximum atomic E-state index is 5.17. The molecule has 0 amide bonds. The number of nitrogens with one attached hydrogen (secondary N) is 1. The molecular formula is C10H12N2O. The first-order chi connectivity index (χ1) is 6.36. The van der Waals surface area contributed by atoms with Crippen molar-refractivity contribution in [3.8, 4) is 18.1 Å². The van der Waals surface area contributed by atoms with E-state index in [1.807, 2.05) is 19.2 Å². The Morgan fingerprint density at radius 1 is 1.62 bits per heavy atom. The predicted molar refractivity (Wildman–Crippen MR) is 51.3 cm³/mol. The van der Waals surface area contributed by atoms with Crippen LogP contribution in [0.1, 0.15) is 5.69 Å². The molecule has 0 saturated heterocycles. The molecule has 0 aliphatic carbocycles. The SMILES string of the molecule is C#CCOc1ccc(CNC)nc1. The van der Waals surface area contributed by atoms with Crippen molar-refractivity contribution >= 4 is 0 Å². The molecular weight excluding hydrogens is 164 g/mol. The van der Waals surface area contributed by atoms with Gasteiger partial charge in [-0.05, 0) is 19.2 Å². The second kappa shape index (κ2) is 5.18. The van der Waals surface area contributed by atoms with Crippen LogP contribution in [0.25, 0.3) is 0 Å². The van der Waals surface area contributed by atoms with Crippen LogP contribution in [-0.4, -0.2) is 18.6 Å². The normalized spacial score (nSPS) is 9.23. The lowest BCUT2D eigenvalue weighted by molar-refractivity contribution is 0.368. The van der Waals surface area contributed by atoms with E-state index in [0.29, 0.717) is 5.75 Å². The summed E-state index contributed by atoms with van der Waals surface area (Å²) in [6, 6.07) is 3.76. The highest BCUT2D eigenvalue weighted by Crippen LogP contribution is 2.08. The molecule has 0 spiro atoms. The van der Waals surface area contributed by atoms with E-state index in [2.05, 4.69) is 16.2 Å². The maximum Gasteiger partial charge on any atom is 0.148 e. The highest BCUT2D eigenvalue weighted by molar-refractivity contribution is 5.20. The van der Waals surface area contributed by atoms with E-state index in [4.69, 9.17) is 11.2 Å². The van der Waals surface area contributed by atoms with Crippen LogP contribution in [0, 0.1) is 12.3 Å². The van der Waals surface area contributed by atoms with Crippen LogP contribution in [0.15, 0.2) is 18.3 Å². The molecule has 0 radical (unpaired) electrons. The van der Waals surface area contributed by atoms with Crippen LogP contribution >= 0.6 is 0 Å². The van der Waals surface area contributed by atoms with Crippen LogP contribution in [0.5, 0.6) is 5.75 Å². The number of terminal acetylenes is 1. The highest BCUT2D eigenvalue weighted by Gasteiger charge is 1.94. The largest absolute Gasteiger partial charge is 0.479 e.